The first-order valence-corrected chi connectivity index (χ1v) is 7.26. The van der Waals surface area contributed by atoms with Gasteiger partial charge in [0.15, 0.2) is 0 Å². The smallest absolute Gasteiger partial charge is 0.311 e. The molecule has 116 valence electrons. The van der Waals surface area contributed by atoms with E-state index in [0.29, 0.717) is 13.1 Å². The van der Waals surface area contributed by atoms with Gasteiger partial charge in [0.1, 0.15) is 5.82 Å². The summed E-state index contributed by atoms with van der Waals surface area (Å²) in [4.78, 5) is 25.3. The fourth-order valence-electron chi connectivity index (χ4n) is 2.29. The van der Waals surface area contributed by atoms with Crippen LogP contribution >= 0.6 is 0 Å². The quantitative estimate of drug-likeness (QED) is 0.802. The average molecular weight is 295 g/mol. The number of aliphatic carboxylic acids is 1. The summed E-state index contributed by atoms with van der Waals surface area (Å²) in [6.07, 6.45) is 1.41. The van der Waals surface area contributed by atoms with Crippen molar-refractivity contribution in [2.24, 2.45) is 0 Å². The average Bonchev–Trinajstić information content (AvgIpc) is 2.45. The molecule has 0 aliphatic carbocycles. The number of hydrogen-bond acceptors (Lipinski definition) is 2. The van der Waals surface area contributed by atoms with Crippen LogP contribution in [0, 0.1) is 5.82 Å². The molecule has 0 spiro atoms. The Morgan fingerprint density at radius 1 is 1.19 bits per heavy atom. The zero-order valence-corrected chi connectivity index (χ0v) is 12.5. The SMILES string of the molecule is CCCN(CCC)C(=O)CC(C(=O)O)c1ccccc1F. The fraction of sp³-hybridized carbons (Fsp3) is 0.500. The lowest BCUT2D eigenvalue weighted by Gasteiger charge is -2.23. The second-order valence-corrected chi connectivity index (χ2v) is 5.00. The molecule has 0 aliphatic heterocycles. The zero-order chi connectivity index (χ0) is 15.8. The predicted molar refractivity (Wildman–Crippen MR) is 78.6 cm³/mol. The molecule has 0 fully saturated rings. The monoisotopic (exact) mass is 295 g/mol. The number of halogens is 1. The van der Waals surface area contributed by atoms with E-state index in [2.05, 4.69) is 0 Å². The molecule has 4 nitrogen and oxygen atoms in total. The molecule has 21 heavy (non-hydrogen) atoms. The molecule has 0 aromatic heterocycles. The van der Waals surface area contributed by atoms with Gasteiger partial charge in [-0.15, -0.1) is 0 Å². The molecule has 1 aromatic carbocycles. The lowest BCUT2D eigenvalue weighted by Crippen LogP contribution is -2.34. The topological polar surface area (TPSA) is 57.6 Å². The third-order valence-electron chi connectivity index (χ3n) is 3.30. The van der Waals surface area contributed by atoms with Crippen LogP contribution in [0.25, 0.3) is 0 Å². The molecule has 1 aromatic rings. The van der Waals surface area contributed by atoms with E-state index in [1.807, 2.05) is 13.8 Å². The molecule has 0 heterocycles. The molecule has 0 bridgehead atoms. The van der Waals surface area contributed by atoms with Gasteiger partial charge in [0.2, 0.25) is 5.91 Å². The standard InChI is InChI=1S/C16H22FNO3/c1-3-9-18(10-4-2)15(19)11-13(16(20)21)12-7-5-6-8-14(12)17/h5-8,13H,3-4,9-11H2,1-2H3,(H,20,21). The number of carboxylic acid groups (broad SMARTS) is 1. The van der Waals surface area contributed by atoms with Crippen molar-refractivity contribution >= 4 is 11.9 Å². The number of hydrogen-bond donors (Lipinski definition) is 1. The van der Waals surface area contributed by atoms with Gasteiger partial charge in [0, 0.05) is 25.1 Å². The molecule has 1 amide bonds. The highest BCUT2D eigenvalue weighted by atomic mass is 19.1. The molecular weight excluding hydrogens is 273 g/mol. The maximum absolute atomic E-state index is 13.8. The van der Waals surface area contributed by atoms with Crippen molar-refractivity contribution in [1.29, 1.82) is 0 Å². The van der Waals surface area contributed by atoms with Gasteiger partial charge < -0.3 is 10.0 Å². The molecule has 0 aliphatic rings. The summed E-state index contributed by atoms with van der Waals surface area (Å²) in [6.45, 7) is 5.11. The van der Waals surface area contributed by atoms with Crippen molar-refractivity contribution in [2.75, 3.05) is 13.1 Å². The van der Waals surface area contributed by atoms with Gasteiger partial charge in [-0.25, -0.2) is 4.39 Å². The number of amides is 1. The minimum atomic E-state index is -1.18. The molecule has 1 N–H and O–H groups in total. The molecule has 0 radical (unpaired) electrons. The third kappa shape index (κ3) is 4.85. The Morgan fingerprint density at radius 3 is 2.24 bits per heavy atom. The Hall–Kier alpha value is -1.91. The number of carbonyl (C=O) groups excluding carboxylic acids is 1. The zero-order valence-electron chi connectivity index (χ0n) is 12.5. The van der Waals surface area contributed by atoms with Crippen LogP contribution in [-0.4, -0.2) is 35.0 Å². The maximum Gasteiger partial charge on any atom is 0.311 e. The summed E-state index contributed by atoms with van der Waals surface area (Å²) < 4.78 is 13.8. The van der Waals surface area contributed by atoms with E-state index in [4.69, 9.17) is 0 Å². The van der Waals surface area contributed by atoms with E-state index in [1.54, 1.807) is 11.0 Å². The number of benzene rings is 1. The second-order valence-electron chi connectivity index (χ2n) is 5.00. The van der Waals surface area contributed by atoms with Crippen LogP contribution in [0.5, 0.6) is 0 Å². The van der Waals surface area contributed by atoms with Gasteiger partial charge in [-0.05, 0) is 18.9 Å². The van der Waals surface area contributed by atoms with Crippen LogP contribution in [0.4, 0.5) is 4.39 Å². The van der Waals surface area contributed by atoms with Crippen LogP contribution < -0.4 is 0 Å². The molecule has 1 unspecified atom stereocenters. The molecule has 0 saturated heterocycles. The Kier molecular flexibility index (Phi) is 6.85. The van der Waals surface area contributed by atoms with E-state index in [9.17, 15) is 19.1 Å². The summed E-state index contributed by atoms with van der Waals surface area (Å²) in [7, 11) is 0. The van der Waals surface area contributed by atoms with Crippen LogP contribution in [0.1, 0.15) is 44.6 Å². The summed E-state index contributed by atoms with van der Waals surface area (Å²) in [5, 5.41) is 9.30. The van der Waals surface area contributed by atoms with Crippen LogP contribution in [0.2, 0.25) is 0 Å². The largest absolute Gasteiger partial charge is 0.481 e. The lowest BCUT2D eigenvalue weighted by atomic mass is 9.94. The van der Waals surface area contributed by atoms with E-state index in [-0.39, 0.29) is 17.9 Å². The predicted octanol–water partition coefficient (Wildman–Crippen LogP) is 3.03. The number of nitrogens with zero attached hydrogens (tertiary/aromatic N) is 1. The van der Waals surface area contributed by atoms with Crippen molar-refractivity contribution in [3.63, 3.8) is 0 Å². The minimum Gasteiger partial charge on any atom is -0.481 e. The Bertz CT molecular complexity index is 484. The maximum atomic E-state index is 13.8. The fourth-order valence-corrected chi connectivity index (χ4v) is 2.29. The normalized spacial score (nSPS) is 12.0. The molecule has 5 heteroatoms. The first kappa shape index (κ1) is 17.1. The van der Waals surface area contributed by atoms with Crippen LogP contribution in [0.15, 0.2) is 24.3 Å². The summed E-state index contributed by atoms with van der Waals surface area (Å²) in [5.74, 6) is -3.15. The first-order chi connectivity index (χ1) is 10.0. The highest BCUT2D eigenvalue weighted by Crippen LogP contribution is 2.24. The molecule has 1 rings (SSSR count). The molecule has 0 saturated carbocycles. The Balaban J connectivity index is 2.91. The summed E-state index contributed by atoms with van der Waals surface area (Å²) >= 11 is 0. The number of carbonyl (C=O) groups is 2. The van der Waals surface area contributed by atoms with E-state index < -0.39 is 17.7 Å². The Labute approximate surface area is 124 Å². The van der Waals surface area contributed by atoms with Crippen molar-refractivity contribution in [1.82, 2.24) is 4.90 Å². The van der Waals surface area contributed by atoms with E-state index >= 15 is 0 Å². The van der Waals surface area contributed by atoms with Gasteiger partial charge in [0.25, 0.3) is 0 Å². The van der Waals surface area contributed by atoms with Gasteiger partial charge in [-0.1, -0.05) is 32.0 Å². The summed E-state index contributed by atoms with van der Waals surface area (Å²) in [6, 6.07) is 5.71. The van der Waals surface area contributed by atoms with Gasteiger partial charge >= 0.3 is 5.97 Å². The highest BCUT2D eigenvalue weighted by molar-refractivity contribution is 5.85. The number of rotatable bonds is 8. The third-order valence-corrected chi connectivity index (χ3v) is 3.30. The summed E-state index contributed by atoms with van der Waals surface area (Å²) in [5.41, 5.74) is 0.0614. The van der Waals surface area contributed by atoms with Crippen LogP contribution in [-0.2, 0) is 9.59 Å². The van der Waals surface area contributed by atoms with Gasteiger partial charge in [-0.2, -0.15) is 0 Å². The van der Waals surface area contributed by atoms with Crippen molar-refractivity contribution in [3.05, 3.63) is 35.6 Å². The first-order valence-electron chi connectivity index (χ1n) is 7.26. The van der Waals surface area contributed by atoms with E-state index in [1.165, 1.54) is 18.2 Å². The number of carboxylic acids is 1. The van der Waals surface area contributed by atoms with Crippen molar-refractivity contribution < 1.29 is 19.1 Å². The van der Waals surface area contributed by atoms with Gasteiger partial charge in [0.05, 0.1) is 5.92 Å². The lowest BCUT2D eigenvalue weighted by molar-refractivity contribution is -0.143. The molecular formula is C16H22FNO3. The second kappa shape index (κ2) is 8.39. The minimum absolute atomic E-state index is 0.0614. The van der Waals surface area contributed by atoms with Gasteiger partial charge in [-0.3, -0.25) is 9.59 Å². The highest BCUT2D eigenvalue weighted by Gasteiger charge is 2.27. The van der Waals surface area contributed by atoms with Crippen LogP contribution in [0.3, 0.4) is 0 Å². The van der Waals surface area contributed by atoms with Crippen molar-refractivity contribution in [3.8, 4) is 0 Å². The van der Waals surface area contributed by atoms with Crippen molar-refractivity contribution in [2.45, 2.75) is 39.0 Å². The molecule has 1 atom stereocenters. The Morgan fingerprint density at radius 2 is 1.76 bits per heavy atom. The van der Waals surface area contributed by atoms with E-state index in [0.717, 1.165) is 12.8 Å².